The Morgan fingerprint density at radius 2 is 1.76 bits per heavy atom. The van der Waals surface area contributed by atoms with Crippen molar-refractivity contribution < 1.29 is 0 Å². The molecule has 25 heavy (non-hydrogen) atoms. The van der Waals surface area contributed by atoms with Crippen molar-refractivity contribution in [1.82, 2.24) is 34.7 Å². The van der Waals surface area contributed by atoms with E-state index in [0.29, 0.717) is 11.1 Å². The van der Waals surface area contributed by atoms with Crippen molar-refractivity contribution in [3.63, 3.8) is 0 Å². The molecule has 0 spiro atoms. The van der Waals surface area contributed by atoms with Gasteiger partial charge in [0, 0.05) is 45.0 Å². The third kappa shape index (κ3) is 3.76. The molecule has 3 rings (SSSR count). The summed E-state index contributed by atoms with van der Waals surface area (Å²) in [6.07, 6.45) is 3.47. The van der Waals surface area contributed by atoms with Gasteiger partial charge in [-0.25, -0.2) is 4.98 Å². The lowest BCUT2D eigenvalue weighted by atomic mass is 10.2. The Kier molecular flexibility index (Phi) is 4.93. The van der Waals surface area contributed by atoms with Crippen LogP contribution in [0.2, 0.25) is 0 Å². The van der Waals surface area contributed by atoms with E-state index < -0.39 is 0 Å². The van der Waals surface area contributed by atoms with Crippen LogP contribution in [-0.4, -0.2) is 48.8 Å². The molecule has 3 aromatic rings. The molecule has 3 aromatic heterocycles. The highest BCUT2D eigenvalue weighted by molar-refractivity contribution is 7.99. The Bertz CT molecular complexity index is 834. The number of hydrogen-bond donors (Lipinski definition) is 0. The average molecular weight is 356 g/mol. The minimum absolute atomic E-state index is 0.216. The van der Waals surface area contributed by atoms with Gasteiger partial charge in [0.15, 0.2) is 11.0 Å². The lowest BCUT2D eigenvalue weighted by Crippen LogP contribution is -2.15. The first-order chi connectivity index (χ1) is 12.0. The van der Waals surface area contributed by atoms with Crippen molar-refractivity contribution in [2.75, 3.05) is 19.0 Å². The van der Waals surface area contributed by atoms with Gasteiger partial charge in [-0.05, 0) is 23.9 Å². The molecular weight excluding hydrogens is 336 g/mol. The predicted molar refractivity (Wildman–Crippen MR) is 96.6 cm³/mol. The lowest BCUT2D eigenvalue weighted by molar-refractivity contribution is 0.712. The fourth-order valence-corrected chi connectivity index (χ4v) is 2.84. The Hall–Kier alpha value is -2.55. The first-order valence-electron chi connectivity index (χ1n) is 7.86. The van der Waals surface area contributed by atoms with E-state index in [4.69, 9.17) is 0 Å². The van der Waals surface area contributed by atoms with E-state index in [1.807, 2.05) is 42.7 Å². The first kappa shape index (κ1) is 17.3. The van der Waals surface area contributed by atoms with Crippen molar-refractivity contribution in [3.05, 3.63) is 30.4 Å². The number of pyridine rings is 1. The van der Waals surface area contributed by atoms with Crippen LogP contribution in [0, 0.1) is 0 Å². The topological polar surface area (TPSA) is 85.5 Å². The standard InChI is InChI=1S/C16H20N8S/c1-10(2)12-18-14(23(3)4)20-15(19-12)25-16-22-21-13(24(16)5)11-6-8-17-9-7-11/h6-10H,1-5H3. The molecule has 3 heterocycles. The second-order valence-electron chi connectivity index (χ2n) is 6.03. The molecule has 0 unspecified atom stereocenters. The highest BCUT2D eigenvalue weighted by atomic mass is 32.2. The van der Waals surface area contributed by atoms with Crippen molar-refractivity contribution >= 4 is 17.7 Å². The summed E-state index contributed by atoms with van der Waals surface area (Å²) >= 11 is 1.38. The van der Waals surface area contributed by atoms with E-state index in [9.17, 15) is 0 Å². The molecule has 0 aliphatic heterocycles. The molecule has 0 saturated carbocycles. The van der Waals surface area contributed by atoms with Crippen molar-refractivity contribution in [2.45, 2.75) is 30.1 Å². The van der Waals surface area contributed by atoms with Gasteiger partial charge < -0.3 is 9.47 Å². The minimum atomic E-state index is 0.216. The van der Waals surface area contributed by atoms with Crippen LogP contribution < -0.4 is 4.90 Å². The second-order valence-corrected chi connectivity index (χ2v) is 6.96. The zero-order chi connectivity index (χ0) is 18.0. The van der Waals surface area contributed by atoms with E-state index >= 15 is 0 Å². The fourth-order valence-electron chi connectivity index (χ4n) is 2.10. The quantitative estimate of drug-likeness (QED) is 0.689. The summed E-state index contributed by atoms with van der Waals surface area (Å²) in [5.41, 5.74) is 0.962. The molecule has 0 aromatic carbocycles. The summed E-state index contributed by atoms with van der Waals surface area (Å²) in [7, 11) is 5.75. The molecule has 0 atom stereocenters. The Labute approximate surface area is 150 Å². The predicted octanol–water partition coefficient (Wildman–Crippen LogP) is 2.40. The molecule has 0 N–H and O–H groups in total. The van der Waals surface area contributed by atoms with E-state index in [2.05, 4.69) is 44.0 Å². The van der Waals surface area contributed by atoms with Crippen LogP contribution in [0.25, 0.3) is 11.4 Å². The van der Waals surface area contributed by atoms with Gasteiger partial charge in [0.25, 0.3) is 0 Å². The minimum Gasteiger partial charge on any atom is -0.347 e. The molecule has 0 fully saturated rings. The lowest BCUT2D eigenvalue weighted by Gasteiger charge is -2.13. The Morgan fingerprint density at radius 3 is 2.40 bits per heavy atom. The van der Waals surface area contributed by atoms with Crippen LogP contribution >= 0.6 is 11.8 Å². The third-order valence-corrected chi connectivity index (χ3v) is 4.40. The number of aromatic nitrogens is 7. The summed E-state index contributed by atoms with van der Waals surface area (Å²) in [5.74, 6) is 2.39. The van der Waals surface area contributed by atoms with Gasteiger partial charge in [-0.3, -0.25) is 4.98 Å². The molecule has 130 valence electrons. The van der Waals surface area contributed by atoms with Gasteiger partial charge in [-0.2, -0.15) is 9.97 Å². The third-order valence-electron chi connectivity index (χ3n) is 3.49. The number of nitrogens with zero attached hydrogens (tertiary/aromatic N) is 8. The summed E-state index contributed by atoms with van der Waals surface area (Å²) in [4.78, 5) is 19.5. The van der Waals surface area contributed by atoms with E-state index in [0.717, 1.165) is 22.4 Å². The average Bonchev–Trinajstić information content (AvgIpc) is 2.96. The maximum atomic E-state index is 4.56. The molecule has 0 aliphatic rings. The van der Waals surface area contributed by atoms with Crippen LogP contribution in [0.3, 0.4) is 0 Å². The highest BCUT2D eigenvalue weighted by Gasteiger charge is 2.16. The van der Waals surface area contributed by atoms with E-state index in [1.165, 1.54) is 11.8 Å². The van der Waals surface area contributed by atoms with Gasteiger partial charge in [-0.1, -0.05) is 13.8 Å². The molecule has 0 radical (unpaired) electrons. The van der Waals surface area contributed by atoms with Crippen molar-refractivity contribution in [2.24, 2.45) is 7.05 Å². The molecular formula is C16H20N8S. The smallest absolute Gasteiger partial charge is 0.229 e. The number of hydrogen-bond acceptors (Lipinski definition) is 8. The van der Waals surface area contributed by atoms with Crippen LogP contribution in [0.1, 0.15) is 25.6 Å². The molecule has 8 nitrogen and oxygen atoms in total. The van der Waals surface area contributed by atoms with Crippen molar-refractivity contribution in [1.29, 1.82) is 0 Å². The summed E-state index contributed by atoms with van der Waals surface area (Å²) in [5, 5.41) is 9.89. The van der Waals surface area contributed by atoms with Crippen molar-refractivity contribution in [3.8, 4) is 11.4 Å². The van der Waals surface area contributed by atoms with Gasteiger partial charge in [-0.15, -0.1) is 10.2 Å². The summed E-state index contributed by atoms with van der Waals surface area (Å²) < 4.78 is 1.92. The summed E-state index contributed by atoms with van der Waals surface area (Å²) in [6.45, 7) is 4.13. The first-order valence-corrected chi connectivity index (χ1v) is 8.68. The molecule has 0 saturated heterocycles. The molecule has 9 heteroatoms. The van der Waals surface area contributed by atoms with Gasteiger partial charge in [0.05, 0.1) is 0 Å². The van der Waals surface area contributed by atoms with E-state index in [1.54, 1.807) is 12.4 Å². The normalized spacial score (nSPS) is 11.1. The largest absolute Gasteiger partial charge is 0.347 e. The Balaban J connectivity index is 1.94. The van der Waals surface area contributed by atoms with Crippen LogP contribution in [0.15, 0.2) is 34.8 Å². The van der Waals surface area contributed by atoms with E-state index in [-0.39, 0.29) is 5.92 Å². The monoisotopic (exact) mass is 356 g/mol. The SMILES string of the molecule is CC(C)c1nc(Sc2nnc(-c3ccncc3)n2C)nc(N(C)C)n1. The van der Waals surface area contributed by atoms with Crippen LogP contribution in [0.5, 0.6) is 0 Å². The molecule has 0 aliphatic carbocycles. The fraction of sp³-hybridized carbons (Fsp3) is 0.375. The maximum absolute atomic E-state index is 4.56. The van der Waals surface area contributed by atoms with Gasteiger partial charge in [0.1, 0.15) is 5.82 Å². The molecule has 0 amide bonds. The van der Waals surface area contributed by atoms with Crippen LogP contribution in [-0.2, 0) is 7.05 Å². The summed E-state index contributed by atoms with van der Waals surface area (Å²) in [6, 6.07) is 3.81. The number of anilines is 1. The van der Waals surface area contributed by atoms with Gasteiger partial charge in [0.2, 0.25) is 11.1 Å². The zero-order valence-corrected chi connectivity index (χ0v) is 15.7. The molecule has 0 bridgehead atoms. The number of rotatable bonds is 5. The van der Waals surface area contributed by atoms with Crippen LogP contribution in [0.4, 0.5) is 5.95 Å². The zero-order valence-electron chi connectivity index (χ0n) is 14.9. The Morgan fingerprint density at radius 1 is 1.04 bits per heavy atom. The van der Waals surface area contributed by atoms with Gasteiger partial charge >= 0.3 is 0 Å². The highest BCUT2D eigenvalue weighted by Crippen LogP contribution is 2.27. The second kappa shape index (κ2) is 7.14. The maximum Gasteiger partial charge on any atom is 0.229 e.